The first-order valence-corrected chi connectivity index (χ1v) is 8.04. The third-order valence-corrected chi connectivity index (χ3v) is 5.04. The van der Waals surface area contributed by atoms with Gasteiger partial charge in [-0.05, 0) is 30.5 Å². The van der Waals surface area contributed by atoms with Crippen molar-refractivity contribution in [1.82, 2.24) is 9.03 Å². The van der Waals surface area contributed by atoms with Gasteiger partial charge in [-0.25, -0.2) is 4.39 Å². The van der Waals surface area contributed by atoms with Crippen LogP contribution in [-0.2, 0) is 21.5 Å². The Hall–Kier alpha value is -1.51. The average molecular weight is 316 g/mol. The number of hydrogen-bond acceptors (Lipinski definition) is 3. The summed E-state index contributed by atoms with van der Waals surface area (Å²) in [6.45, 7) is 0.351. The normalized spacial score (nSPS) is 17.8. The van der Waals surface area contributed by atoms with Crippen molar-refractivity contribution in [3.63, 3.8) is 0 Å². The molecular formula is C13H17FN2O4S. The van der Waals surface area contributed by atoms with Gasteiger partial charge in [-0.15, -0.1) is 0 Å². The molecule has 0 atom stereocenters. The van der Waals surface area contributed by atoms with Crippen LogP contribution in [0.5, 0.6) is 0 Å². The number of rotatable bonds is 5. The number of hydrogen-bond donors (Lipinski definition) is 2. The molecule has 1 heterocycles. The fourth-order valence-corrected chi connectivity index (χ4v) is 3.48. The van der Waals surface area contributed by atoms with Gasteiger partial charge in [-0.1, -0.05) is 12.1 Å². The SMILES string of the molecule is O=C(O)C1CCN(S(=O)(=O)NCc2cccc(F)c2)CC1. The molecular weight excluding hydrogens is 299 g/mol. The summed E-state index contributed by atoms with van der Waals surface area (Å²) in [4.78, 5) is 10.8. The number of benzene rings is 1. The topological polar surface area (TPSA) is 86.7 Å². The molecule has 1 fully saturated rings. The van der Waals surface area contributed by atoms with Crippen LogP contribution in [0.25, 0.3) is 0 Å². The summed E-state index contributed by atoms with van der Waals surface area (Å²) in [7, 11) is -3.68. The second-order valence-corrected chi connectivity index (χ2v) is 6.72. The van der Waals surface area contributed by atoms with E-state index in [0.29, 0.717) is 18.4 Å². The van der Waals surface area contributed by atoms with Crippen molar-refractivity contribution in [2.75, 3.05) is 13.1 Å². The van der Waals surface area contributed by atoms with Crippen LogP contribution >= 0.6 is 0 Å². The van der Waals surface area contributed by atoms with Crippen LogP contribution in [0.2, 0.25) is 0 Å². The largest absolute Gasteiger partial charge is 0.481 e. The molecule has 2 rings (SSSR count). The summed E-state index contributed by atoms with van der Waals surface area (Å²) in [5.74, 6) is -1.80. The van der Waals surface area contributed by atoms with Crippen molar-refractivity contribution in [3.05, 3.63) is 35.6 Å². The molecule has 2 N–H and O–H groups in total. The Morgan fingerprint density at radius 3 is 2.62 bits per heavy atom. The van der Waals surface area contributed by atoms with Crippen LogP contribution in [0.3, 0.4) is 0 Å². The Morgan fingerprint density at radius 1 is 1.38 bits per heavy atom. The molecule has 0 radical (unpaired) electrons. The quantitative estimate of drug-likeness (QED) is 0.847. The smallest absolute Gasteiger partial charge is 0.306 e. The van der Waals surface area contributed by atoms with Crippen LogP contribution in [0.15, 0.2) is 24.3 Å². The first kappa shape index (κ1) is 15.9. The van der Waals surface area contributed by atoms with Gasteiger partial charge in [0.05, 0.1) is 5.92 Å². The molecule has 8 heteroatoms. The first-order valence-electron chi connectivity index (χ1n) is 6.60. The molecule has 0 amide bonds. The van der Waals surface area contributed by atoms with E-state index in [0.717, 1.165) is 0 Å². The van der Waals surface area contributed by atoms with Crippen LogP contribution in [-0.4, -0.2) is 36.9 Å². The van der Waals surface area contributed by atoms with Crippen molar-refractivity contribution in [1.29, 1.82) is 0 Å². The van der Waals surface area contributed by atoms with Crippen molar-refractivity contribution < 1.29 is 22.7 Å². The van der Waals surface area contributed by atoms with Gasteiger partial charge in [0.1, 0.15) is 5.82 Å². The minimum Gasteiger partial charge on any atom is -0.481 e. The van der Waals surface area contributed by atoms with Gasteiger partial charge in [-0.3, -0.25) is 4.79 Å². The highest BCUT2D eigenvalue weighted by Crippen LogP contribution is 2.19. The lowest BCUT2D eigenvalue weighted by Gasteiger charge is -2.29. The zero-order valence-electron chi connectivity index (χ0n) is 11.3. The fourth-order valence-electron chi connectivity index (χ4n) is 2.26. The summed E-state index contributed by atoms with van der Waals surface area (Å²) in [5.41, 5.74) is 0.527. The van der Waals surface area contributed by atoms with E-state index in [2.05, 4.69) is 4.72 Å². The molecule has 116 valence electrons. The molecule has 0 saturated carbocycles. The molecule has 0 aliphatic carbocycles. The number of aliphatic carboxylic acids is 1. The predicted molar refractivity (Wildman–Crippen MR) is 74.1 cm³/mol. The lowest BCUT2D eigenvalue weighted by molar-refractivity contribution is -0.142. The second kappa shape index (κ2) is 6.50. The van der Waals surface area contributed by atoms with E-state index in [1.807, 2.05) is 0 Å². The van der Waals surface area contributed by atoms with Crippen LogP contribution in [0, 0.1) is 11.7 Å². The molecule has 6 nitrogen and oxygen atoms in total. The lowest BCUT2D eigenvalue weighted by atomic mass is 9.99. The highest BCUT2D eigenvalue weighted by molar-refractivity contribution is 7.87. The van der Waals surface area contributed by atoms with Crippen LogP contribution in [0.1, 0.15) is 18.4 Å². The minimum atomic E-state index is -3.68. The van der Waals surface area contributed by atoms with Crippen molar-refractivity contribution in [3.8, 4) is 0 Å². The second-order valence-electron chi connectivity index (χ2n) is 4.97. The molecule has 0 spiro atoms. The third-order valence-electron chi connectivity index (χ3n) is 3.49. The van der Waals surface area contributed by atoms with Gasteiger partial charge >= 0.3 is 5.97 Å². The Labute approximate surface area is 122 Å². The zero-order valence-corrected chi connectivity index (χ0v) is 12.1. The third kappa shape index (κ3) is 4.23. The summed E-state index contributed by atoms with van der Waals surface area (Å²) in [6, 6.07) is 5.69. The number of carboxylic acids is 1. The van der Waals surface area contributed by atoms with E-state index in [1.165, 1.54) is 22.5 Å². The Bertz CT molecular complexity index is 612. The van der Waals surface area contributed by atoms with E-state index in [4.69, 9.17) is 5.11 Å². The van der Waals surface area contributed by atoms with Crippen molar-refractivity contribution >= 4 is 16.2 Å². The van der Waals surface area contributed by atoms with Crippen molar-refractivity contribution in [2.45, 2.75) is 19.4 Å². The van der Waals surface area contributed by atoms with Gasteiger partial charge in [0, 0.05) is 19.6 Å². The van der Waals surface area contributed by atoms with Crippen molar-refractivity contribution in [2.24, 2.45) is 5.92 Å². The Kier molecular flexibility index (Phi) is 4.92. The van der Waals surface area contributed by atoms with Gasteiger partial charge in [0.15, 0.2) is 0 Å². The molecule has 0 aromatic heterocycles. The fraction of sp³-hybridized carbons (Fsp3) is 0.462. The summed E-state index contributed by atoms with van der Waals surface area (Å²) in [6.07, 6.45) is 0.604. The van der Waals surface area contributed by atoms with E-state index in [1.54, 1.807) is 6.07 Å². The summed E-state index contributed by atoms with van der Waals surface area (Å²) in [5, 5.41) is 8.89. The maximum Gasteiger partial charge on any atom is 0.306 e. The zero-order chi connectivity index (χ0) is 15.5. The summed E-state index contributed by atoms with van der Waals surface area (Å²) >= 11 is 0. The molecule has 1 aliphatic rings. The van der Waals surface area contributed by atoms with Gasteiger partial charge in [0.2, 0.25) is 0 Å². The number of piperidine rings is 1. The number of nitrogens with one attached hydrogen (secondary N) is 1. The van der Waals surface area contributed by atoms with Crippen LogP contribution in [0.4, 0.5) is 4.39 Å². The molecule has 0 unspecified atom stereocenters. The molecule has 1 aromatic rings. The maximum atomic E-state index is 13.0. The van der Waals surface area contributed by atoms with Gasteiger partial charge in [0.25, 0.3) is 10.2 Å². The Morgan fingerprint density at radius 2 is 2.05 bits per heavy atom. The van der Waals surface area contributed by atoms with E-state index in [-0.39, 0.29) is 19.6 Å². The maximum absolute atomic E-state index is 13.0. The number of carbonyl (C=O) groups is 1. The predicted octanol–water partition coefficient (Wildman–Crippen LogP) is 0.957. The van der Waals surface area contributed by atoms with E-state index in [9.17, 15) is 17.6 Å². The molecule has 1 saturated heterocycles. The Balaban J connectivity index is 1.92. The van der Waals surface area contributed by atoms with E-state index >= 15 is 0 Å². The first-order chi connectivity index (χ1) is 9.88. The highest BCUT2D eigenvalue weighted by Gasteiger charge is 2.30. The highest BCUT2D eigenvalue weighted by atomic mass is 32.2. The number of nitrogens with zero attached hydrogens (tertiary/aromatic N) is 1. The standard InChI is InChI=1S/C13H17FN2O4S/c14-12-3-1-2-10(8-12)9-15-21(19,20)16-6-4-11(5-7-16)13(17)18/h1-3,8,11,15H,4-7,9H2,(H,17,18). The van der Waals surface area contributed by atoms with Gasteiger partial charge < -0.3 is 5.11 Å². The molecule has 1 aromatic carbocycles. The lowest BCUT2D eigenvalue weighted by Crippen LogP contribution is -2.45. The number of halogens is 1. The van der Waals surface area contributed by atoms with E-state index < -0.39 is 27.9 Å². The average Bonchev–Trinajstić information content (AvgIpc) is 2.45. The monoisotopic (exact) mass is 316 g/mol. The molecule has 0 bridgehead atoms. The summed E-state index contributed by atoms with van der Waals surface area (Å²) < 4.78 is 40.8. The van der Waals surface area contributed by atoms with Gasteiger partial charge in [-0.2, -0.15) is 17.4 Å². The molecule has 1 aliphatic heterocycles. The molecule has 21 heavy (non-hydrogen) atoms. The van der Waals surface area contributed by atoms with Crippen LogP contribution < -0.4 is 4.72 Å². The number of carboxylic acid groups (broad SMARTS) is 1. The minimum absolute atomic E-state index is 0.00104.